The number of hydrogen-bond acceptors (Lipinski definition) is 4. The molecule has 5 heteroatoms. The predicted octanol–water partition coefficient (Wildman–Crippen LogP) is 3.32. The van der Waals surface area contributed by atoms with E-state index < -0.39 is 0 Å². The zero-order valence-corrected chi connectivity index (χ0v) is 15.2. The molecule has 0 saturated carbocycles. The quantitative estimate of drug-likeness (QED) is 0.768. The van der Waals surface area contributed by atoms with Crippen molar-refractivity contribution in [3.8, 4) is 0 Å². The molecule has 128 valence electrons. The van der Waals surface area contributed by atoms with Crippen molar-refractivity contribution < 1.29 is 14.3 Å². The first-order chi connectivity index (χ1) is 11.5. The van der Waals surface area contributed by atoms with Gasteiger partial charge in [-0.15, -0.1) is 11.8 Å². The third-order valence-corrected chi connectivity index (χ3v) is 5.58. The molecule has 0 radical (unpaired) electrons. The first-order valence-corrected chi connectivity index (χ1v) is 9.44. The van der Waals surface area contributed by atoms with Gasteiger partial charge in [0.25, 0.3) is 11.8 Å². The minimum atomic E-state index is -0.185. The number of rotatable bonds is 5. The first-order valence-electron chi connectivity index (χ1n) is 8.45. The average Bonchev–Trinajstić information content (AvgIpc) is 3.14. The standard InChI is InChI=1S/C19H23NO3S/c1-4-24-17-16(14-8-7-12(2)13(3)10-14)18(21)20(19(17)22)11-15-6-5-9-23-15/h7-8,10,15H,4-6,9,11H2,1-3H3. The number of ether oxygens (including phenoxy) is 1. The van der Waals surface area contributed by atoms with Crippen LogP contribution in [0.4, 0.5) is 0 Å². The molecule has 0 aliphatic carbocycles. The number of benzene rings is 1. The van der Waals surface area contributed by atoms with Crippen LogP contribution in [0.5, 0.6) is 0 Å². The van der Waals surface area contributed by atoms with Gasteiger partial charge < -0.3 is 4.74 Å². The molecular formula is C19H23NO3S. The molecule has 2 amide bonds. The van der Waals surface area contributed by atoms with Crippen LogP contribution in [0.2, 0.25) is 0 Å². The molecule has 0 aromatic heterocycles. The zero-order valence-electron chi connectivity index (χ0n) is 14.4. The fraction of sp³-hybridized carbons (Fsp3) is 0.474. The summed E-state index contributed by atoms with van der Waals surface area (Å²) in [5.41, 5.74) is 3.69. The molecule has 1 atom stereocenters. The first kappa shape index (κ1) is 17.2. The third-order valence-electron chi connectivity index (χ3n) is 4.62. The van der Waals surface area contributed by atoms with Crippen LogP contribution in [0.25, 0.3) is 5.57 Å². The number of thioether (sulfide) groups is 1. The van der Waals surface area contributed by atoms with Crippen LogP contribution in [0.1, 0.15) is 36.5 Å². The van der Waals surface area contributed by atoms with Crippen LogP contribution in [0.3, 0.4) is 0 Å². The van der Waals surface area contributed by atoms with E-state index in [0.29, 0.717) is 17.0 Å². The molecule has 2 heterocycles. The topological polar surface area (TPSA) is 46.6 Å². The molecule has 1 fully saturated rings. The molecule has 3 rings (SSSR count). The van der Waals surface area contributed by atoms with E-state index in [0.717, 1.165) is 36.3 Å². The van der Waals surface area contributed by atoms with Gasteiger partial charge in [-0.3, -0.25) is 14.5 Å². The Morgan fingerprint density at radius 3 is 2.62 bits per heavy atom. The lowest BCUT2D eigenvalue weighted by molar-refractivity contribution is -0.138. The molecule has 1 aromatic rings. The van der Waals surface area contributed by atoms with E-state index in [4.69, 9.17) is 4.74 Å². The number of nitrogens with zero attached hydrogens (tertiary/aromatic N) is 1. The summed E-state index contributed by atoms with van der Waals surface area (Å²) in [6.45, 7) is 7.14. The second kappa shape index (κ2) is 7.11. The van der Waals surface area contributed by atoms with Crippen molar-refractivity contribution in [2.45, 2.75) is 39.7 Å². The Balaban J connectivity index is 1.95. The molecule has 4 nitrogen and oxygen atoms in total. The van der Waals surface area contributed by atoms with Gasteiger partial charge in [-0.25, -0.2) is 0 Å². The van der Waals surface area contributed by atoms with Crippen molar-refractivity contribution in [2.75, 3.05) is 18.9 Å². The molecule has 0 N–H and O–H groups in total. The Bertz CT molecular complexity index is 705. The second-order valence-electron chi connectivity index (χ2n) is 6.29. The maximum Gasteiger partial charge on any atom is 0.268 e. The van der Waals surface area contributed by atoms with Crippen molar-refractivity contribution in [3.63, 3.8) is 0 Å². The van der Waals surface area contributed by atoms with E-state index in [1.807, 2.05) is 39.0 Å². The fourth-order valence-corrected chi connectivity index (χ4v) is 4.01. The Kier molecular flexibility index (Phi) is 5.11. The maximum atomic E-state index is 13.0. The Morgan fingerprint density at radius 1 is 1.21 bits per heavy atom. The van der Waals surface area contributed by atoms with Gasteiger partial charge >= 0.3 is 0 Å². The van der Waals surface area contributed by atoms with Crippen LogP contribution >= 0.6 is 11.8 Å². The van der Waals surface area contributed by atoms with E-state index in [1.54, 1.807) is 0 Å². The molecule has 0 bridgehead atoms. The normalized spacial score (nSPS) is 21.3. The highest BCUT2D eigenvalue weighted by Crippen LogP contribution is 2.37. The zero-order chi connectivity index (χ0) is 17.3. The third kappa shape index (κ3) is 3.15. The van der Waals surface area contributed by atoms with E-state index >= 15 is 0 Å². The average molecular weight is 345 g/mol. The number of hydrogen-bond donors (Lipinski definition) is 0. The van der Waals surface area contributed by atoms with E-state index in [9.17, 15) is 9.59 Å². The molecular weight excluding hydrogens is 322 g/mol. The lowest BCUT2D eigenvalue weighted by Crippen LogP contribution is -2.37. The van der Waals surface area contributed by atoms with Crippen LogP contribution in [-0.2, 0) is 14.3 Å². The van der Waals surface area contributed by atoms with Gasteiger partial charge in [0.05, 0.1) is 23.1 Å². The van der Waals surface area contributed by atoms with E-state index in [2.05, 4.69) is 0 Å². The molecule has 1 unspecified atom stereocenters. The molecule has 0 spiro atoms. The monoisotopic (exact) mass is 345 g/mol. The summed E-state index contributed by atoms with van der Waals surface area (Å²) in [4.78, 5) is 27.7. The van der Waals surface area contributed by atoms with Gasteiger partial charge in [-0.2, -0.15) is 0 Å². The summed E-state index contributed by atoms with van der Waals surface area (Å²) in [5, 5.41) is 0. The number of imide groups is 1. The largest absolute Gasteiger partial charge is 0.376 e. The Morgan fingerprint density at radius 2 is 2.00 bits per heavy atom. The summed E-state index contributed by atoms with van der Waals surface area (Å²) in [6, 6.07) is 5.95. The van der Waals surface area contributed by atoms with Gasteiger partial charge in [0, 0.05) is 6.61 Å². The molecule has 1 saturated heterocycles. The number of amides is 2. The van der Waals surface area contributed by atoms with Crippen molar-refractivity contribution in [3.05, 3.63) is 39.8 Å². The Hall–Kier alpha value is -1.59. The van der Waals surface area contributed by atoms with Crippen molar-refractivity contribution >= 4 is 29.1 Å². The SMILES string of the molecule is CCSC1=C(c2ccc(C)c(C)c2)C(=O)N(CC2CCCO2)C1=O. The van der Waals surface area contributed by atoms with Crippen LogP contribution in [0, 0.1) is 13.8 Å². The summed E-state index contributed by atoms with van der Waals surface area (Å²) in [6.07, 6.45) is 1.88. The van der Waals surface area contributed by atoms with Gasteiger partial charge in [0.2, 0.25) is 0 Å². The molecule has 2 aliphatic rings. The van der Waals surface area contributed by atoms with Crippen molar-refractivity contribution in [1.29, 1.82) is 0 Å². The minimum Gasteiger partial charge on any atom is -0.376 e. The summed E-state index contributed by atoms with van der Waals surface area (Å²) < 4.78 is 5.61. The summed E-state index contributed by atoms with van der Waals surface area (Å²) in [5.74, 6) is 0.404. The minimum absolute atomic E-state index is 0.0233. The fourth-order valence-electron chi connectivity index (χ4n) is 3.14. The van der Waals surface area contributed by atoms with Crippen LogP contribution in [-0.4, -0.2) is 41.7 Å². The summed E-state index contributed by atoms with van der Waals surface area (Å²) >= 11 is 1.45. The molecule has 1 aromatic carbocycles. The van der Waals surface area contributed by atoms with Crippen molar-refractivity contribution in [2.24, 2.45) is 0 Å². The number of carbonyl (C=O) groups excluding carboxylic acids is 2. The van der Waals surface area contributed by atoms with Gasteiger partial charge in [0.15, 0.2) is 0 Å². The highest BCUT2D eigenvalue weighted by atomic mass is 32.2. The molecule has 2 aliphatic heterocycles. The highest BCUT2D eigenvalue weighted by Gasteiger charge is 2.40. The van der Waals surface area contributed by atoms with Crippen molar-refractivity contribution in [1.82, 2.24) is 4.90 Å². The lowest BCUT2D eigenvalue weighted by atomic mass is 10.0. The lowest BCUT2D eigenvalue weighted by Gasteiger charge is -2.19. The number of aryl methyl sites for hydroxylation is 2. The molecule has 24 heavy (non-hydrogen) atoms. The van der Waals surface area contributed by atoms with Gasteiger partial charge in [0.1, 0.15) is 0 Å². The van der Waals surface area contributed by atoms with Crippen LogP contribution < -0.4 is 0 Å². The Labute approximate surface area is 147 Å². The summed E-state index contributed by atoms with van der Waals surface area (Å²) in [7, 11) is 0. The predicted molar refractivity (Wildman–Crippen MR) is 96.7 cm³/mol. The van der Waals surface area contributed by atoms with Gasteiger partial charge in [-0.1, -0.05) is 25.1 Å². The van der Waals surface area contributed by atoms with E-state index in [1.165, 1.54) is 22.2 Å². The van der Waals surface area contributed by atoms with Gasteiger partial charge in [-0.05, 0) is 49.1 Å². The van der Waals surface area contributed by atoms with Crippen LogP contribution in [0.15, 0.2) is 23.1 Å². The number of carbonyl (C=O) groups is 2. The highest BCUT2D eigenvalue weighted by molar-refractivity contribution is 8.04. The maximum absolute atomic E-state index is 13.0. The second-order valence-corrected chi connectivity index (χ2v) is 7.57. The smallest absolute Gasteiger partial charge is 0.268 e. The van der Waals surface area contributed by atoms with E-state index in [-0.39, 0.29) is 17.9 Å².